The number of benzene rings is 1. The lowest BCUT2D eigenvalue weighted by molar-refractivity contribution is 0.315. The predicted molar refractivity (Wildman–Crippen MR) is 124 cm³/mol. The van der Waals surface area contributed by atoms with Crippen molar-refractivity contribution in [2.75, 3.05) is 32.1 Å². The van der Waals surface area contributed by atoms with Crippen LogP contribution in [-0.2, 0) is 7.05 Å². The van der Waals surface area contributed by atoms with Crippen LogP contribution in [0.25, 0.3) is 33.5 Å². The fraction of sp³-hybridized carbons (Fsp3) is 0.333. The number of fused-ring (bicyclic) bond motifs is 1. The molecule has 0 bridgehead atoms. The third-order valence-corrected chi connectivity index (χ3v) is 6.16. The van der Waals surface area contributed by atoms with E-state index in [9.17, 15) is 0 Å². The molecule has 1 atom stereocenters. The number of hydrogen-bond acceptors (Lipinski definition) is 6. The average molecular weight is 414 g/mol. The van der Waals surface area contributed by atoms with Crippen molar-refractivity contribution >= 4 is 16.6 Å². The van der Waals surface area contributed by atoms with Gasteiger partial charge in [-0.15, -0.1) is 5.10 Å². The molecule has 0 spiro atoms. The molecule has 4 aromatic rings. The minimum Gasteiger partial charge on any atom is -0.369 e. The summed E-state index contributed by atoms with van der Waals surface area (Å²) in [6, 6.07) is 15.2. The van der Waals surface area contributed by atoms with E-state index in [0.29, 0.717) is 6.04 Å². The number of rotatable bonds is 4. The Hall–Kier alpha value is -3.32. The van der Waals surface area contributed by atoms with Crippen LogP contribution >= 0.6 is 0 Å². The smallest absolute Gasteiger partial charge is 0.139 e. The van der Waals surface area contributed by atoms with Gasteiger partial charge in [0.1, 0.15) is 5.69 Å². The molecular weight excluding hydrogens is 386 g/mol. The summed E-state index contributed by atoms with van der Waals surface area (Å²) in [7, 11) is 6.23. The van der Waals surface area contributed by atoms with Crippen molar-refractivity contribution in [2.24, 2.45) is 7.05 Å². The molecule has 7 heteroatoms. The third-order valence-electron chi connectivity index (χ3n) is 6.16. The van der Waals surface area contributed by atoms with Crippen molar-refractivity contribution in [3.05, 3.63) is 54.4 Å². The van der Waals surface area contributed by atoms with Crippen LogP contribution in [0.1, 0.15) is 12.1 Å². The van der Waals surface area contributed by atoms with E-state index in [0.717, 1.165) is 52.3 Å². The second kappa shape index (κ2) is 7.74. The largest absolute Gasteiger partial charge is 0.369 e. The Bertz CT molecular complexity index is 1240. The standard InChI is InChI=1S/C24H27N7/c1-16-6-5-7-22(26-16)23-24(30(4)28-27-23)17-8-9-21-18(12-17)13-20(14-25-21)31-11-10-19(15-31)29(2)3/h5-9,12-14,19H,10-11,15H2,1-4H3/t19-/m0/s1. The van der Waals surface area contributed by atoms with Crippen molar-refractivity contribution < 1.29 is 0 Å². The van der Waals surface area contributed by atoms with E-state index in [2.05, 4.69) is 63.5 Å². The minimum atomic E-state index is 0.590. The Morgan fingerprint density at radius 2 is 1.97 bits per heavy atom. The Labute approximate surface area is 182 Å². The van der Waals surface area contributed by atoms with Crippen LogP contribution in [0.15, 0.2) is 48.7 Å². The molecule has 0 unspecified atom stereocenters. The highest BCUT2D eigenvalue weighted by Crippen LogP contribution is 2.32. The molecule has 4 heterocycles. The highest BCUT2D eigenvalue weighted by Gasteiger charge is 2.24. The number of anilines is 1. The van der Waals surface area contributed by atoms with Gasteiger partial charge >= 0.3 is 0 Å². The highest BCUT2D eigenvalue weighted by molar-refractivity contribution is 5.88. The van der Waals surface area contributed by atoms with E-state index in [1.54, 1.807) is 0 Å². The summed E-state index contributed by atoms with van der Waals surface area (Å²) in [4.78, 5) is 14.1. The SMILES string of the molecule is Cc1cccc(-c2nnn(C)c2-c2ccc3ncc(N4CC[C@H](N(C)C)C4)cc3c2)n1. The summed E-state index contributed by atoms with van der Waals surface area (Å²) in [6.07, 6.45) is 3.17. The van der Waals surface area contributed by atoms with Gasteiger partial charge in [0.05, 0.1) is 28.8 Å². The van der Waals surface area contributed by atoms with Gasteiger partial charge < -0.3 is 9.80 Å². The number of nitrogens with zero attached hydrogens (tertiary/aromatic N) is 7. The number of aryl methyl sites for hydroxylation is 2. The second-order valence-electron chi connectivity index (χ2n) is 8.53. The molecule has 7 nitrogen and oxygen atoms in total. The molecule has 0 radical (unpaired) electrons. The maximum atomic E-state index is 4.73. The van der Waals surface area contributed by atoms with Gasteiger partial charge in [0.15, 0.2) is 0 Å². The number of pyridine rings is 2. The monoisotopic (exact) mass is 413 g/mol. The second-order valence-corrected chi connectivity index (χ2v) is 8.53. The molecule has 1 saturated heterocycles. The van der Waals surface area contributed by atoms with Crippen LogP contribution in [0.5, 0.6) is 0 Å². The quantitative estimate of drug-likeness (QED) is 0.510. The Morgan fingerprint density at radius 3 is 2.74 bits per heavy atom. The molecule has 1 aliphatic rings. The first-order valence-corrected chi connectivity index (χ1v) is 10.6. The van der Waals surface area contributed by atoms with Crippen LogP contribution in [0.3, 0.4) is 0 Å². The van der Waals surface area contributed by atoms with Gasteiger partial charge in [-0.25, -0.2) is 4.68 Å². The number of hydrogen-bond donors (Lipinski definition) is 0. The Morgan fingerprint density at radius 1 is 1.10 bits per heavy atom. The molecule has 31 heavy (non-hydrogen) atoms. The molecule has 0 amide bonds. The summed E-state index contributed by atoms with van der Waals surface area (Å²) in [5.74, 6) is 0. The molecule has 0 saturated carbocycles. The summed E-state index contributed by atoms with van der Waals surface area (Å²) >= 11 is 0. The fourth-order valence-corrected chi connectivity index (χ4v) is 4.37. The fourth-order valence-electron chi connectivity index (χ4n) is 4.37. The number of aromatic nitrogens is 5. The topological polar surface area (TPSA) is 63.0 Å². The normalized spacial score (nSPS) is 16.5. The summed E-state index contributed by atoms with van der Waals surface area (Å²) in [5, 5.41) is 9.81. The molecule has 1 fully saturated rings. The Balaban J connectivity index is 1.54. The molecule has 158 valence electrons. The van der Waals surface area contributed by atoms with Gasteiger partial charge in [-0.05, 0) is 57.8 Å². The Kier molecular flexibility index (Phi) is 4.90. The average Bonchev–Trinajstić information content (AvgIpc) is 3.40. The first-order valence-electron chi connectivity index (χ1n) is 10.6. The van der Waals surface area contributed by atoms with Gasteiger partial charge in [0.25, 0.3) is 0 Å². The van der Waals surface area contributed by atoms with Crippen molar-refractivity contribution in [3.8, 4) is 22.6 Å². The summed E-state index contributed by atoms with van der Waals surface area (Å²) < 4.78 is 1.82. The summed E-state index contributed by atoms with van der Waals surface area (Å²) in [5.41, 5.74) is 6.77. The van der Waals surface area contributed by atoms with Crippen LogP contribution in [0.2, 0.25) is 0 Å². The zero-order valence-electron chi connectivity index (χ0n) is 18.4. The molecule has 1 aliphatic heterocycles. The van der Waals surface area contributed by atoms with E-state index in [-0.39, 0.29) is 0 Å². The van der Waals surface area contributed by atoms with Crippen LogP contribution in [0.4, 0.5) is 5.69 Å². The third kappa shape index (κ3) is 3.65. The van der Waals surface area contributed by atoms with E-state index < -0.39 is 0 Å². The van der Waals surface area contributed by atoms with E-state index in [1.165, 1.54) is 12.1 Å². The van der Waals surface area contributed by atoms with Gasteiger partial charge in [0.2, 0.25) is 0 Å². The molecule has 0 N–H and O–H groups in total. The van der Waals surface area contributed by atoms with Crippen molar-refractivity contribution in [1.29, 1.82) is 0 Å². The van der Waals surface area contributed by atoms with E-state index in [1.807, 2.05) is 43.0 Å². The van der Waals surface area contributed by atoms with Gasteiger partial charge in [0, 0.05) is 42.8 Å². The predicted octanol–water partition coefficient (Wildman–Crippen LogP) is 3.54. The maximum Gasteiger partial charge on any atom is 0.139 e. The minimum absolute atomic E-state index is 0.590. The first kappa shape index (κ1) is 19.6. The molecule has 1 aromatic carbocycles. The molecule has 0 aliphatic carbocycles. The van der Waals surface area contributed by atoms with Crippen LogP contribution < -0.4 is 4.90 Å². The van der Waals surface area contributed by atoms with Crippen molar-refractivity contribution in [2.45, 2.75) is 19.4 Å². The van der Waals surface area contributed by atoms with E-state index >= 15 is 0 Å². The highest BCUT2D eigenvalue weighted by atomic mass is 15.4. The molecular formula is C24H27N7. The zero-order valence-corrected chi connectivity index (χ0v) is 18.4. The van der Waals surface area contributed by atoms with Gasteiger partial charge in [-0.3, -0.25) is 9.97 Å². The van der Waals surface area contributed by atoms with Crippen molar-refractivity contribution in [1.82, 2.24) is 29.9 Å². The lowest BCUT2D eigenvalue weighted by atomic mass is 10.0. The van der Waals surface area contributed by atoms with E-state index in [4.69, 9.17) is 4.98 Å². The van der Waals surface area contributed by atoms with Crippen LogP contribution in [-0.4, -0.2) is 63.1 Å². The lowest BCUT2D eigenvalue weighted by Gasteiger charge is -2.21. The molecule has 5 rings (SSSR count). The van der Waals surface area contributed by atoms with Gasteiger partial charge in [-0.2, -0.15) is 0 Å². The maximum absolute atomic E-state index is 4.73. The number of likely N-dealkylation sites (N-methyl/N-ethyl adjacent to an activating group) is 1. The lowest BCUT2D eigenvalue weighted by Crippen LogP contribution is -2.31. The van der Waals surface area contributed by atoms with Gasteiger partial charge in [-0.1, -0.05) is 17.3 Å². The molecule has 3 aromatic heterocycles. The van der Waals surface area contributed by atoms with Crippen LogP contribution in [0, 0.1) is 6.92 Å². The van der Waals surface area contributed by atoms with Crippen molar-refractivity contribution in [3.63, 3.8) is 0 Å². The zero-order chi connectivity index (χ0) is 21.5. The summed E-state index contributed by atoms with van der Waals surface area (Å²) in [6.45, 7) is 4.08. The first-order chi connectivity index (χ1) is 15.0.